The number of thioether (sulfide) groups is 1. The molecule has 0 aliphatic carbocycles. The molecule has 4 N–H and O–H groups in total. The highest BCUT2D eigenvalue weighted by Gasteiger charge is 2.08. The normalized spacial score (nSPS) is 10.7. The van der Waals surface area contributed by atoms with Crippen LogP contribution in [0.25, 0.3) is 0 Å². The number of nitrogens with two attached hydrogens (primary N) is 1. The summed E-state index contributed by atoms with van der Waals surface area (Å²) in [6.45, 7) is 2.68. The molecule has 0 amide bonds. The minimum absolute atomic E-state index is 0.0551. The number of nitrogen functional groups attached to an aromatic ring is 1. The van der Waals surface area contributed by atoms with Gasteiger partial charge in [-0.15, -0.1) is 5.10 Å². The Bertz CT molecular complexity index is 661. The minimum atomic E-state index is -0.174. The Morgan fingerprint density at radius 2 is 2.35 bits per heavy atom. The Balaban J connectivity index is 2.11. The van der Waals surface area contributed by atoms with Crippen molar-refractivity contribution in [2.75, 3.05) is 0 Å². The van der Waals surface area contributed by atoms with Gasteiger partial charge in [-0.25, -0.2) is 9.89 Å². The zero-order valence-electron chi connectivity index (χ0n) is 11.2. The van der Waals surface area contributed by atoms with Crippen molar-refractivity contribution in [3.8, 4) is 0 Å². The van der Waals surface area contributed by atoms with Gasteiger partial charge < -0.3 is 5.73 Å². The molecule has 7 heteroatoms. The number of aromatic amines is 1. The van der Waals surface area contributed by atoms with Gasteiger partial charge in [0.2, 0.25) is 0 Å². The lowest BCUT2D eigenvalue weighted by Crippen LogP contribution is -2.17. The predicted octanol–water partition coefficient (Wildman–Crippen LogP) is 1.56. The standard InChI is InChI=1S/C13H17N5OS/c1-2-6-18-12(19)16-17-13(18)20-8-9-4-3-5-10(7-9)11(14)15/h3-5,7H,2,6,8H2,1H3,(H3,14,15)(H,16,19). The molecule has 106 valence electrons. The Morgan fingerprint density at radius 3 is 3.05 bits per heavy atom. The first kappa shape index (κ1) is 14.4. The summed E-state index contributed by atoms with van der Waals surface area (Å²) >= 11 is 1.49. The monoisotopic (exact) mass is 291 g/mol. The lowest BCUT2D eigenvalue weighted by molar-refractivity contribution is 0.604. The molecule has 20 heavy (non-hydrogen) atoms. The zero-order valence-corrected chi connectivity index (χ0v) is 12.0. The summed E-state index contributed by atoms with van der Waals surface area (Å²) in [5, 5.41) is 14.6. The highest BCUT2D eigenvalue weighted by atomic mass is 32.2. The molecule has 0 unspecified atom stereocenters. The molecule has 0 fully saturated rings. The van der Waals surface area contributed by atoms with E-state index in [1.165, 1.54) is 11.8 Å². The molecule has 0 atom stereocenters. The van der Waals surface area contributed by atoms with Crippen molar-refractivity contribution < 1.29 is 0 Å². The van der Waals surface area contributed by atoms with E-state index >= 15 is 0 Å². The van der Waals surface area contributed by atoms with Gasteiger partial charge in [-0.2, -0.15) is 0 Å². The van der Waals surface area contributed by atoms with E-state index in [1.807, 2.05) is 25.1 Å². The molecular weight excluding hydrogens is 274 g/mol. The van der Waals surface area contributed by atoms with E-state index in [1.54, 1.807) is 10.6 Å². The molecule has 0 spiro atoms. The van der Waals surface area contributed by atoms with Crippen LogP contribution in [-0.4, -0.2) is 20.6 Å². The number of hydrogen-bond acceptors (Lipinski definition) is 4. The van der Waals surface area contributed by atoms with Crippen LogP contribution in [0.15, 0.2) is 34.2 Å². The van der Waals surface area contributed by atoms with Crippen LogP contribution in [0.2, 0.25) is 0 Å². The summed E-state index contributed by atoms with van der Waals surface area (Å²) in [4.78, 5) is 11.6. The largest absolute Gasteiger partial charge is 0.384 e. The van der Waals surface area contributed by atoms with E-state index in [2.05, 4.69) is 10.2 Å². The second-order valence-corrected chi connectivity index (χ2v) is 5.31. The summed E-state index contributed by atoms with van der Waals surface area (Å²) in [6.07, 6.45) is 0.882. The minimum Gasteiger partial charge on any atom is -0.384 e. The Morgan fingerprint density at radius 1 is 1.55 bits per heavy atom. The molecule has 1 aromatic carbocycles. The van der Waals surface area contributed by atoms with E-state index in [4.69, 9.17) is 11.1 Å². The van der Waals surface area contributed by atoms with Gasteiger partial charge in [0.25, 0.3) is 0 Å². The summed E-state index contributed by atoms with van der Waals surface area (Å²) in [6, 6.07) is 7.52. The summed E-state index contributed by atoms with van der Waals surface area (Å²) < 4.78 is 1.64. The summed E-state index contributed by atoms with van der Waals surface area (Å²) in [5.74, 6) is 0.731. The van der Waals surface area contributed by atoms with Gasteiger partial charge in [0, 0.05) is 17.9 Å². The van der Waals surface area contributed by atoms with E-state index in [0.717, 1.165) is 12.0 Å². The third-order valence-electron chi connectivity index (χ3n) is 2.78. The topological polar surface area (TPSA) is 101 Å². The summed E-state index contributed by atoms with van der Waals surface area (Å²) in [7, 11) is 0. The first-order valence-corrected chi connectivity index (χ1v) is 7.31. The molecular formula is C13H17N5OS. The maximum atomic E-state index is 11.6. The molecule has 0 aliphatic heterocycles. The lowest BCUT2D eigenvalue weighted by Gasteiger charge is -2.05. The fraction of sp³-hybridized carbons (Fsp3) is 0.308. The van der Waals surface area contributed by atoms with Gasteiger partial charge in [0.15, 0.2) is 5.16 Å². The van der Waals surface area contributed by atoms with E-state index in [9.17, 15) is 4.79 Å². The fourth-order valence-corrected chi connectivity index (χ4v) is 2.73. The highest BCUT2D eigenvalue weighted by molar-refractivity contribution is 7.98. The molecule has 0 saturated carbocycles. The molecule has 6 nitrogen and oxygen atoms in total. The molecule has 2 rings (SSSR count). The summed E-state index contributed by atoms with van der Waals surface area (Å²) in [5.41, 5.74) is 7.04. The first-order valence-electron chi connectivity index (χ1n) is 6.33. The maximum Gasteiger partial charge on any atom is 0.343 e. The number of benzene rings is 1. The van der Waals surface area contributed by atoms with Crippen LogP contribution in [0.4, 0.5) is 0 Å². The van der Waals surface area contributed by atoms with Crippen molar-refractivity contribution in [1.82, 2.24) is 14.8 Å². The van der Waals surface area contributed by atoms with Gasteiger partial charge in [-0.3, -0.25) is 9.98 Å². The molecule has 0 aliphatic rings. The van der Waals surface area contributed by atoms with Crippen LogP contribution in [0.1, 0.15) is 24.5 Å². The van der Waals surface area contributed by atoms with Crippen molar-refractivity contribution >= 4 is 17.6 Å². The third-order valence-corrected chi connectivity index (χ3v) is 3.82. The quantitative estimate of drug-likeness (QED) is 0.427. The molecule has 1 heterocycles. The number of H-pyrrole nitrogens is 1. The van der Waals surface area contributed by atoms with Crippen LogP contribution < -0.4 is 11.4 Å². The number of aromatic nitrogens is 3. The number of nitrogens with one attached hydrogen (secondary N) is 2. The first-order chi connectivity index (χ1) is 9.61. The number of hydrogen-bond donors (Lipinski definition) is 3. The Kier molecular flexibility index (Phi) is 4.62. The Hall–Kier alpha value is -2.02. The van der Waals surface area contributed by atoms with Gasteiger partial charge in [-0.05, 0) is 18.1 Å². The second-order valence-electron chi connectivity index (χ2n) is 4.37. The van der Waals surface area contributed by atoms with Crippen molar-refractivity contribution in [3.63, 3.8) is 0 Å². The van der Waals surface area contributed by atoms with Crippen molar-refractivity contribution in [1.29, 1.82) is 5.41 Å². The molecule has 0 bridgehead atoms. The van der Waals surface area contributed by atoms with Gasteiger partial charge in [-0.1, -0.05) is 36.9 Å². The van der Waals surface area contributed by atoms with Gasteiger partial charge >= 0.3 is 5.69 Å². The van der Waals surface area contributed by atoms with Gasteiger partial charge in [0.1, 0.15) is 5.84 Å². The van der Waals surface area contributed by atoms with Crippen molar-refractivity contribution in [2.45, 2.75) is 30.8 Å². The molecule has 0 radical (unpaired) electrons. The second kappa shape index (κ2) is 6.42. The van der Waals surface area contributed by atoms with Crippen molar-refractivity contribution in [2.24, 2.45) is 5.73 Å². The molecule has 2 aromatic rings. The molecule has 0 saturated heterocycles. The van der Waals surface area contributed by atoms with Crippen LogP contribution >= 0.6 is 11.8 Å². The average Bonchev–Trinajstić information content (AvgIpc) is 2.78. The lowest BCUT2D eigenvalue weighted by atomic mass is 10.1. The predicted molar refractivity (Wildman–Crippen MR) is 80.2 cm³/mol. The third kappa shape index (κ3) is 3.30. The van der Waals surface area contributed by atoms with Crippen LogP contribution in [0, 0.1) is 5.41 Å². The van der Waals surface area contributed by atoms with Gasteiger partial charge in [0.05, 0.1) is 0 Å². The van der Waals surface area contributed by atoms with E-state index in [-0.39, 0.29) is 11.5 Å². The van der Waals surface area contributed by atoms with E-state index in [0.29, 0.717) is 23.0 Å². The highest BCUT2D eigenvalue weighted by Crippen LogP contribution is 2.20. The number of nitrogens with zero attached hydrogens (tertiary/aromatic N) is 2. The van der Waals surface area contributed by atoms with Crippen LogP contribution in [-0.2, 0) is 12.3 Å². The van der Waals surface area contributed by atoms with E-state index < -0.39 is 0 Å². The SMILES string of the molecule is CCCn1c(SCc2cccc(C(=N)N)c2)n[nH]c1=O. The zero-order chi connectivity index (χ0) is 14.5. The maximum absolute atomic E-state index is 11.6. The fourth-order valence-electron chi connectivity index (χ4n) is 1.81. The van der Waals surface area contributed by atoms with Crippen LogP contribution in [0.3, 0.4) is 0 Å². The number of amidine groups is 1. The smallest absolute Gasteiger partial charge is 0.343 e. The Labute approximate surface area is 120 Å². The van der Waals surface area contributed by atoms with Crippen molar-refractivity contribution in [3.05, 3.63) is 45.9 Å². The molecule has 1 aromatic heterocycles. The average molecular weight is 291 g/mol. The van der Waals surface area contributed by atoms with Crippen LogP contribution in [0.5, 0.6) is 0 Å². The number of rotatable bonds is 6.